The molecule has 0 amide bonds. The highest BCUT2D eigenvalue weighted by atomic mass is 35.5. The zero-order valence-corrected chi connectivity index (χ0v) is 10.1. The van der Waals surface area contributed by atoms with E-state index < -0.39 is 10.9 Å². The van der Waals surface area contributed by atoms with Gasteiger partial charge in [0.2, 0.25) is 0 Å². The number of nitrogens with zero attached hydrogens (tertiary/aromatic N) is 1. The Kier molecular flexibility index (Phi) is 5.15. The molecular formula is C12H10ClNO4. The minimum Gasteiger partial charge on any atom is -0.481 e. The van der Waals surface area contributed by atoms with E-state index in [4.69, 9.17) is 16.7 Å². The van der Waals surface area contributed by atoms with E-state index in [0.29, 0.717) is 17.9 Å². The molecule has 1 aromatic carbocycles. The van der Waals surface area contributed by atoms with Crippen LogP contribution in [-0.4, -0.2) is 16.0 Å². The molecule has 1 aromatic rings. The molecule has 1 rings (SSSR count). The van der Waals surface area contributed by atoms with Crippen molar-refractivity contribution in [2.24, 2.45) is 0 Å². The number of carboxylic acids is 1. The minimum atomic E-state index is -0.884. The number of rotatable bonds is 4. The molecule has 0 unspecified atom stereocenters. The minimum absolute atomic E-state index is 0.0340. The van der Waals surface area contributed by atoms with Crippen LogP contribution in [0.1, 0.15) is 24.8 Å². The van der Waals surface area contributed by atoms with Crippen LogP contribution in [0.25, 0.3) is 0 Å². The first kappa shape index (κ1) is 14.0. The van der Waals surface area contributed by atoms with E-state index in [1.54, 1.807) is 0 Å². The van der Waals surface area contributed by atoms with Crippen molar-refractivity contribution >= 4 is 23.3 Å². The first-order chi connectivity index (χ1) is 8.50. The molecule has 0 heterocycles. The predicted molar refractivity (Wildman–Crippen MR) is 66.5 cm³/mol. The smallest absolute Gasteiger partial charge is 0.303 e. The molecule has 5 nitrogen and oxygen atoms in total. The molecule has 0 atom stereocenters. The lowest BCUT2D eigenvalue weighted by Crippen LogP contribution is -1.93. The van der Waals surface area contributed by atoms with Crippen LogP contribution in [0.5, 0.6) is 0 Å². The van der Waals surface area contributed by atoms with E-state index in [1.165, 1.54) is 18.2 Å². The van der Waals surface area contributed by atoms with Crippen molar-refractivity contribution in [1.82, 2.24) is 0 Å². The summed E-state index contributed by atoms with van der Waals surface area (Å²) in [5, 5.41) is 19.5. The van der Waals surface area contributed by atoms with Gasteiger partial charge in [-0.15, -0.1) is 0 Å². The molecule has 0 saturated carbocycles. The molecule has 1 N–H and O–H groups in total. The number of hydrogen-bond acceptors (Lipinski definition) is 3. The highest BCUT2D eigenvalue weighted by Gasteiger charge is 2.11. The summed E-state index contributed by atoms with van der Waals surface area (Å²) >= 11 is 5.74. The van der Waals surface area contributed by atoms with Gasteiger partial charge in [-0.1, -0.05) is 23.4 Å². The Morgan fingerprint density at radius 1 is 1.50 bits per heavy atom. The Morgan fingerprint density at radius 2 is 2.22 bits per heavy atom. The molecular weight excluding hydrogens is 258 g/mol. The fourth-order valence-corrected chi connectivity index (χ4v) is 1.43. The Labute approximate surface area is 109 Å². The Morgan fingerprint density at radius 3 is 2.83 bits per heavy atom. The van der Waals surface area contributed by atoms with E-state index in [1.807, 2.05) is 0 Å². The second kappa shape index (κ2) is 6.62. The number of nitro benzene ring substituents is 1. The van der Waals surface area contributed by atoms with Crippen LogP contribution in [-0.2, 0) is 4.79 Å². The van der Waals surface area contributed by atoms with Gasteiger partial charge in [0.15, 0.2) is 0 Å². The Hall–Kier alpha value is -2.06. The summed E-state index contributed by atoms with van der Waals surface area (Å²) in [6.07, 6.45) is 0.818. The van der Waals surface area contributed by atoms with Crippen molar-refractivity contribution in [2.45, 2.75) is 19.3 Å². The van der Waals surface area contributed by atoms with Crippen LogP contribution in [0.4, 0.5) is 5.69 Å². The zero-order chi connectivity index (χ0) is 13.5. The average molecular weight is 268 g/mol. The van der Waals surface area contributed by atoms with Gasteiger partial charge >= 0.3 is 5.97 Å². The molecule has 0 bridgehead atoms. The maximum atomic E-state index is 10.7. The molecule has 0 fully saturated rings. The lowest BCUT2D eigenvalue weighted by Gasteiger charge is -1.96. The predicted octanol–water partition coefficient (Wildman–Crippen LogP) is 2.85. The number of carboxylic acid groups (broad SMARTS) is 1. The van der Waals surface area contributed by atoms with Gasteiger partial charge in [0, 0.05) is 23.9 Å². The van der Waals surface area contributed by atoms with E-state index >= 15 is 0 Å². The van der Waals surface area contributed by atoms with E-state index in [-0.39, 0.29) is 17.7 Å². The van der Waals surface area contributed by atoms with Gasteiger partial charge in [0.25, 0.3) is 5.69 Å². The van der Waals surface area contributed by atoms with Gasteiger partial charge in [-0.2, -0.15) is 0 Å². The number of aliphatic carboxylic acids is 1. The van der Waals surface area contributed by atoms with Crippen molar-refractivity contribution < 1.29 is 14.8 Å². The molecule has 0 aliphatic carbocycles. The normalized spacial score (nSPS) is 9.39. The molecule has 0 saturated heterocycles. The second-order valence-electron chi connectivity index (χ2n) is 3.47. The van der Waals surface area contributed by atoms with Gasteiger partial charge in [-0.05, 0) is 18.6 Å². The van der Waals surface area contributed by atoms with Crippen LogP contribution in [0.15, 0.2) is 18.2 Å². The van der Waals surface area contributed by atoms with Crippen molar-refractivity contribution in [3.63, 3.8) is 0 Å². The molecule has 6 heteroatoms. The van der Waals surface area contributed by atoms with Gasteiger partial charge in [-0.3, -0.25) is 14.9 Å². The summed E-state index contributed by atoms with van der Waals surface area (Å²) in [5.74, 6) is 4.46. The van der Waals surface area contributed by atoms with Crippen LogP contribution in [0, 0.1) is 22.0 Å². The topological polar surface area (TPSA) is 80.4 Å². The molecule has 0 spiro atoms. The highest BCUT2D eigenvalue weighted by Crippen LogP contribution is 2.21. The summed E-state index contributed by atoms with van der Waals surface area (Å²) in [6.45, 7) is 0. The van der Waals surface area contributed by atoms with Crippen LogP contribution in [0.2, 0.25) is 5.02 Å². The standard InChI is InChI=1S/C12H10ClNO4/c13-10-6-7-11(14(17)18)9(8-10)4-2-1-3-5-12(15)16/h6-8H,1,3,5H2,(H,15,16). The molecule has 18 heavy (non-hydrogen) atoms. The first-order valence-electron chi connectivity index (χ1n) is 5.15. The van der Waals surface area contributed by atoms with Crippen LogP contribution in [0.3, 0.4) is 0 Å². The number of hydrogen-bond donors (Lipinski definition) is 1. The van der Waals surface area contributed by atoms with E-state index in [9.17, 15) is 14.9 Å². The van der Waals surface area contributed by atoms with Gasteiger partial charge in [-0.25, -0.2) is 0 Å². The fourth-order valence-electron chi connectivity index (χ4n) is 1.25. The largest absolute Gasteiger partial charge is 0.481 e. The third kappa shape index (κ3) is 4.44. The Bertz CT molecular complexity index is 531. The molecule has 94 valence electrons. The van der Waals surface area contributed by atoms with Crippen LogP contribution < -0.4 is 0 Å². The van der Waals surface area contributed by atoms with E-state index in [0.717, 1.165) is 0 Å². The number of nitro groups is 1. The number of benzene rings is 1. The molecule has 0 aliphatic rings. The number of carbonyl (C=O) groups is 1. The third-order valence-electron chi connectivity index (χ3n) is 2.07. The summed E-state index contributed by atoms with van der Waals surface area (Å²) in [6, 6.07) is 4.14. The maximum Gasteiger partial charge on any atom is 0.303 e. The van der Waals surface area contributed by atoms with Crippen molar-refractivity contribution in [2.75, 3.05) is 0 Å². The quantitative estimate of drug-likeness (QED) is 0.394. The van der Waals surface area contributed by atoms with Gasteiger partial charge in [0.1, 0.15) is 5.56 Å². The monoisotopic (exact) mass is 267 g/mol. The third-order valence-corrected chi connectivity index (χ3v) is 2.31. The summed E-state index contributed by atoms with van der Waals surface area (Å²) in [5.41, 5.74) is 0.132. The van der Waals surface area contributed by atoms with Crippen LogP contribution >= 0.6 is 11.6 Å². The number of unbranched alkanes of at least 4 members (excludes halogenated alkanes) is 1. The fraction of sp³-hybridized carbons (Fsp3) is 0.250. The lowest BCUT2D eigenvalue weighted by molar-refractivity contribution is -0.385. The molecule has 0 aromatic heterocycles. The lowest BCUT2D eigenvalue weighted by atomic mass is 10.1. The second-order valence-corrected chi connectivity index (χ2v) is 3.90. The van der Waals surface area contributed by atoms with Gasteiger partial charge in [0.05, 0.1) is 4.92 Å². The van der Waals surface area contributed by atoms with E-state index in [2.05, 4.69) is 11.8 Å². The van der Waals surface area contributed by atoms with Crippen molar-refractivity contribution in [3.05, 3.63) is 38.9 Å². The molecule has 0 aliphatic heterocycles. The van der Waals surface area contributed by atoms with Crippen molar-refractivity contribution in [3.8, 4) is 11.8 Å². The summed E-state index contributed by atoms with van der Waals surface area (Å²) < 4.78 is 0. The maximum absolute atomic E-state index is 10.7. The summed E-state index contributed by atoms with van der Waals surface area (Å²) in [4.78, 5) is 20.5. The zero-order valence-electron chi connectivity index (χ0n) is 9.35. The first-order valence-corrected chi connectivity index (χ1v) is 5.53. The highest BCUT2D eigenvalue weighted by molar-refractivity contribution is 6.30. The summed E-state index contributed by atoms with van der Waals surface area (Å²) in [7, 11) is 0. The number of halogens is 1. The molecule has 0 radical (unpaired) electrons. The SMILES string of the molecule is O=C(O)CCCC#Cc1cc(Cl)ccc1[N+](=O)[O-]. The Balaban J connectivity index is 2.77. The van der Waals surface area contributed by atoms with Crippen molar-refractivity contribution in [1.29, 1.82) is 0 Å². The van der Waals surface area contributed by atoms with Gasteiger partial charge < -0.3 is 5.11 Å². The average Bonchev–Trinajstić information content (AvgIpc) is 2.27.